The first-order valence-corrected chi connectivity index (χ1v) is 7.79. The van der Waals surface area contributed by atoms with E-state index in [4.69, 9.17) is 0 Å². The lowest BCUT2D eigenvalue weighted by atomic mass is 9.86. The molecule has 1 fully saturated rings. The zero-order valence-corrected chi connectivity index (χ0v) is 12.6. The summed E-state index contributed by atoms with van der Waals surface area (Å²) in [5.74, 6) is 0.457. The summed E-state index contributed by atoms with van der Waals surface area (Å²) in [6.07, 6.45) is 5.06. The summed E-state index contributed by atoms with van der Waals surface area (Å²) >= 11 is 0. The van der Waals surface area contributed by atoms with Crippen LogP contribution in [0.1, 0.15) is 49.4 Å². The van der Waals surface area contributed by atoms with E-state index in [9.17, 15) is 9.59 Å². The summed E-state index contributed by atoms with van der Waals surface area (Å²) in [6, 6.07) is 9.35. The van der Waals surface area contributed by atoms with Crippen LogP contribution in [0.2, 0.25) is 0 Å². The van der Waals surface area contributed by atoms with E-state index in [0.29, 0.717) is 30.5 Å². The number of hydrogen-bond donors (Lipinski definition) is 2. The van der Waals surface area contributed by atoms with E-state index < -0.39 is 0 Å². The van der Waals surface area contributed by atoms with Gasteiger partial charge in [-0.3, -0.25) is 9.59 Å². The molecule has 1 aliphatic carbocycles. The molecule has 2 atom stereocenters. The van der Waals surface area contributed by atoms with Crippen molar-refractivity contribution >= 4 is 11.8 Å². The van der Waals surface area contributed by atoms with Crippen LogP contribution in [0.5, 0.6) is 0 Å². The third kappa shape index (κ3) is 4.88. The molecule has 0 radical (unpaired) electrons. The first-order valence-electron chi connectivity index (χ1n) is 7.79. The molecular formula is C17H24N2O2. The van der Waals surface area contributed by atoms with Crippen molar-refractivity contribution in [3.8, 4) is 0 Å². The Bertz CT molecular complexity index is 473. The Balaban J connectivity index is 1.68. The minimum atomic E-state index is -0.130. The number of rotatable bonds is 5. The third-order valence-electron chi connectivity index (χ3n) is 4.13. The van der Waals surface area contributed by atoms with Crippen LogP contribution in [0.3, 0.4) is 0 Å². The molecule has 0 heterocycles. The molecule has 0 spiro atoms. The Morgan fingerprint density at radius 2 is 1.86 bits per heavy atom. The summed E-state index contributed by atoms with van der Waals surface area (Å²) in [5.41, 5.74) is 0.624. The Labute approximate surface area is 126 Å². The van der Waals surface area contributed by atoms with E-state index in [0.717, 1.165) is 6.42 Å². The highest BCUT2D eigenvalue weighted by Gasteiger charge is 2.22. The van der Waals surface area contributed by atoms with Gasteiger partial charge in [-0.15, -0.1) is 0 Å². The second-order valence-electron chi connectivity index (χ2n) is 5.81. The number of nitrogens with one attached hydrogen (secondary N) is 2. The van der Waals surface area contributed by atoms with Crippen molar-refractivity contribution < 1.29 is 9.59 Å². The zero-order valence-electron chi connectivity index (χ0n) is 12.6. The van der Waals surface area contributed by atoms with Crippen LogP contribution in [0.15, 0.2) is 30.3 Å². The molecule has 2 N–H and O–H groups in total. The van der Waals surface area contributed by atoms with Crippen LogP contribution in [-0.2, 0) is 4.79 Å². The highest BCUT2D eigenvalue weighted by atomic mass is 16.2. The fourth-order valence-corrected chi connectivity index (χ4v) is 2.79. The molecule has 4 heteroatoms. The zero-order chi connectivity index (χ0) is 15.1. The van der Waals surface area contributed by atoms with Crippen LogP contribution < -0.4 is 10.6 Å². The average Bonchev–Trinajstić information content (AvgIpc) is 2.50. The van der Waals surface area contributed by atoms with Crippen LogP contribution in [0.25, 0.3) is 0 Å². The van der Waals surface area contributed by atoms with Gasteiger partial charge in [0.25, 0.3) is 5.91 Å². The van der Waals surface area contributed by atoms with Crippen LogP contribution >= 0.6 is 0 Å². The molecule has 0 aliphatic heterocycles. The number of benzene rings is 1. The van der Waals surface area contributed by atoms with Crippen LogP contribution in [0.4, 0.5) is 0 Å². The average molecular weight is 288 g/mol. The molecule has 1 aliphatic rings. The highest BCUT2D eigenvalue weighted by molar-refractivity contribution is 5.94. The minimum absolute atomic E-state index is 0.0297. The van der Waals surface area contributed by atoms with Gasteiger partial charge in [-0.2, -0.15) is 0 Å². The van der Waals surface area contributed by atoms with Crippen molar-refractivity contribution in [2.24, 2.45) is 5.92 Å². The summed E-state index contributed by atoms with van der Waals surface area (Å²) in [6.45, 7) is 2.57. The molecule has 1 aromatic rings. The van der Waals surface area contributed by atoms with Crippen molar-refractivity contribution in [1.82, 2.24) is 10.6 Å². The molecule has 0 unspecified atom stereocenters. The number of amides is 2. The summed E-state index contributed by atoms with van der Waals surface area (Å²) in [4.78, 5) is 23.7. The molecule has 1 aromatic carbocycles. The van der Waals surface area contributed by atoms with Crippen molar-refractivity contribution in [2.45, 2.75) is 45.1 Å². The molecule has 114 valence electrons. The van der Waals surface area contributed by atoms with Crippen molar-refractivity contribution in [1.29, 1.82) is 0 Å². The van der Waals surface area contributed by atoms with Gasteiger partial charge in [0.2, 0.25) is 5.91 Å². The summed E-state index contributed by atoms with van der Waals surface area (Å²) < 4.78 is 0. The Morgan fingerprint density at radius 1 is 1.14 bits per heavy atom. The molecule has 4 nitrogen and oxygen atoms in total. The normalized spacial score (nSPS) is 21.6. The highest BCUT2D eigenvalue weighted by Crippen LogP contribution is 2.23. The first kappa shape index (κ1) is 15.5. The summed E-state index contributed by atoms with van der Waals surface area (Å²) in [7, 11) is 0. The predicted molar refractivity (Wildman–Crippen MR) is 83.0 cm³/mol. The molecule has 2 rings (SSSR count). The Hall–Kier alpha value is -1.84. The maximum Gasteiger partial charge on any atom is 0.251 e. The minimum Gasteiger partial charge on any atom is -0.353 e. The Kier molecular flexibility index (Phi) is 5.78. The van der Waals surface area contributed by atoms with E-state index in [1.165, 1.54) is 19.3 Å². The van der Waals surface area contributed by atoms with Gasteiger partial charge in [-0.25, -0.2) is 0 Å². The fourth-order valence-electron chi connectivity index (χ4n) is 2.79. The first-order chi connectivity index (χ1) is 10.2. The lowest BCUT2D eigenvalue weighted by molar-refractivity contribution is -0.122. The fraction of sp³-hybridized carbons (Fsp3) is 0.529. The van der Waals surface area contributed by atoms with Gasteiger partial charge in [-0.1, -0.05) is 38.0 Å². The molecule has 0 bridgehead atoms. The molecule has 2 amide bonds. The number of carbonyl (C=O) groups excluding carboxylic acids is 2. The largest absolute Gasteiger partial charge is 0.353 e. The number of hydrogen-bond acceptors (Lipinski definition) is 2. The molecular weight excluding hydrogens is 264 g/mol. The van der Waals surface area contributed by atoms with Gasteiger partial charge in [-0.05, 0) is 30.9 Å². The van der Waals surface area contributed by atoms with Crippen molar-refractivity contribution in [3.05, 3.63) is 35.9 Å². The lowest BCUT2D eigenvalue weighted by Gasteiger charge is -2.29. The van der Waals surface area contributed by atoms with E-state index >= 15 is 0 Å². The third-order valence-corrected chi connectivity index (χ3v) is 4.13. The van der Waals surface area contributed by atoms with Crippen LogP contribution in [0, 0.1) is 5.92 Å². The second-order valence-corrected chi connectivity index (χ2v) is 5.81. The van der Waals surface area contributed by atoms with Gasteiger partial charge < -0.3 is 10.6 Å². The SMILES string of the molecule is C[C@@H]1CCCC[C@@H]1NC(=O)CCNC(=O)c1ccccc1. The van der Waals surface area contributed by atoms with Gasteiger partial charge in [0.15, 0.2) is 0 Å². The standard InChI is InChI=1S/C17H24N2O2/c1-13-7-5-6-10-15(13)19-16(20)11-12-18-17(21)14-8-3-2-4-9-14/h2-4,8-9,13,15H,5-7,10-12H2,1H3,(H,18,21)(H,19,20)/t13-,15+/m1/s1. The van der Waals surface area contributed by atoms with Crippen molar-refractivity contribution in [2.75, 3.05) is 6.54 Å². The maximum atomic E-state index is 11.9. The van der Waals surface area contributed by atoms with Crippen LogP contribution in [-0.4, -0.2) is 24.4 Å². The number of carbonyl (C=O) groups is 2. The quantitative estimate of drug-likeness (QED) is 0.874. The van der Waals surface area contributed by atoms with Gasteiger partial charge >= 0.3 is 0 Å². The monoisotopic (exact) mass is 288 g/mol. The smallest absolute Gasteiger partial charge is 0.251 e. The molecule has 1 saturated carbocycles. The Morgan fingerprint density at radius 3 is 2.57 bits per heavy atom. The predicted octanol–water partition coefficient (Wildman–Crippen LogP) is 2.50. The molecule has 0 aromatic heterocycles. The van der Waals surface area contributed by atoms with Gasteiger partial charge in [0.05, 0.1) is 0 Å². The van der Waals surface area contributed by atoms with E-state index in [1.54, 1.807) is 12.1 Å². The lowest BCUT2D eigenvalue weighted by Crippen LogP contribution is -2.42. The maximum absolute atomic E-state index is 11.9. The summed E-state index contributed by atoms with van der Waals surface area (Å²) in [5, 5.41) is 5.87. The second kappa shape index (κ2) is 7.81. The molecule has 0 saturated heterocycles. The van der Waals surface area contributed by atoms with Gasteiger partial charge in [0.1, 0.15) is 0 Å². The topological polar surface area (TPSA) is 58.2 Å². The van der Waals surface area contributed by atoms with E-state index in [1.807, 2.05) is 18.2 Å². The van der Waals surface area contributed by atoms with E-state index in [2.05, 4.69) is 17.6 Å². The van der Waals surface area contributed by atoms with E-state index in [-0.39, 0.29) is 11.8 Å². The van der Waals surface area contributed by atoms with Gasteiger partial charge in [0, 0.05) is 24.6 Å². The van der Waals surface area contributed by atoms with Crippen molar-refractivity contribution in [3.63, 3.8) is 0 Å². The molecule has 21 heavy (non-hydrogen) atoms.